The van der Waals surface area contributed by atoms with E-state index < -0.39 is 20.0 Å². The van der Waals surface area contributed by atoms with Crippen LogP contribution in [-0.2, 0) is 27.9 Å². The molecule has 10 heteroatoms. The van der Waals surface area contributed by atoms with Gasteiger partial charge in [-0.15, -0.1) is 0 Å². The molecule has 0 aliphatic carbocycles. The number of nitrogens with one attached hydrogen (secondary N) is 1. The molecular weight excluding hydrogens is 1040 g/mol. The maximum Gasteiger partial charge on any atom is 0.472 e. The number of amides is 1. The zero-order chi connectivity index (χ0) is 60.0. The van der Waals surface area contributed by atoms with Crippen molar-refractivity contribution in [1.82, 2.24) is 5.32 Å². The molecule has 0 radical (unpaired) electrons. The molecule has 0 aromatic carbocycles. The predicted octanol–water partition coefficient (Wildman–Crippen LogP) is 21.3. The van der Waals surface area contributed by atoms with Crippen LogP contribution in [-0.4, -0.2) is 74.3 Å². The summed E-state index contributed by atoms with van der Waals surface area (Å²) in [7, 11) is 1.46. The minimum absolute atomic E-state index is 0.0266. The molecular formula is C72H128N2O7P+. The number of likely N-dealkylation sites (N-methyl/N-ethyl adjacent to an activating group) is 1. The van der Waals surface area contributed by atoms with E-state index in [1.165, 1.54) is 173 Å². The minimum Gasteiger partial charge on any atom is -0.456 e. The molecule has 82 heavy (non-hydrogen) atoms. The van der Waals surface area contributed by atoms with Gasteiger partial charge in [-0.1, -0.05) is 297 Å². The highest BCUT2D eigenvalue weighted by atomic mass is 31.2. The minimum atomic E-state index is -4.47. The van der Waals surface area contributed by atoms with Crippen LogP contribution in [0.4, 0.5) is 0 Å². The molecule has 0 aromatic heterocycles. The summed E-state index contributed by atoms with van der Waals surface area (Å²) in [6.45, 7) is 6.81. The highest BCUT2D eigenvalue weighted by molar-refractivity contribution is 7.47. The zero-order valence-electron chi connectivity index (χ0n) is 54.0. The molecule has 0 spiro atoms. The van der Waals surface area contributed by atoms with E-state index in [-0.39, 0.29) is 37.9 Å². The molecule has 0 aliphatic heterocycles. The fourth-order valence-electron chi connectivity index (χ4n) is 9.41. The van der Waals surface area contributed by atoms with Crippen LogP contribution in [0.3, 0.4) is 0 Å². The van der Waals surface area contributed by atoms with Gasteiger partial charge in [0, 0.05) is 12.8 Å². The maximum atomic E-state index is 13.5. The summed E-state index contributed by atoms with van der Waals surface area (Å²) < 4.78 is 30.7. The first kappa shape index (κ1) is 78.7. The number of carbonyl (C=O) groups excluding carboxylic acids is 2. The fraction of sp³-hybridized carbons (Fsp3) is 0.722. The van der Waals surface area contributed by atoms with Crippen molar-refractivity contribution in [2.75, 3.05) is 40.9 Å². The highest BCUT2D eigenvalue weighted by Gasteiger charge is 2.30. The number of phosphoric acid groups is 1. The molecule has 2 N–H and O–H groups in total. The van der Waals surface area contributed by atoms with Crippen molar-refractivity contribution in [2.45, 2.75) is 296 Å². The van der Waals surface area contributed by atoms with Gasteiger partial charge in [0.2, 0.25) is 5.91 Å². The van der Waals surface area contributed by atoms with Crippen LogP contribution in [0.15, 0.2) is 109 Å². The van der Waals surface area contributed by atoms with Gasteiger partial charge in [-0.3, -0.25) is 18.6 Å². The Kier molecular flexibility index (Phi) is 58.3. The number of nitrogens with zero attached hydrogens (tertiary/aromatic N) is 1. The first-order chi connectivity index (χ1) is 39.9. The zero-order valence-corrected chi connectivity index (χ0v) is 54.8. The van der Waals surface area contributed by atoms with E-state index in [9.17, 15) is 19.0 Å². The second-order valence-corrected chi connectivity index (χ2v) is 25.2. The summed E-state index contributed by atoms with van der Waals surface area (Å²) in [4.78, 5) is 37.8. The van der Waals surface area contributed by atoms with Gasteiger partial charge in [0.1, 0.15) is 19.3 Å². The second-order valence-electron chi connectivity index (χ2n) is 23.8. The lowest BCUT2D eigenvalue weighted by molar-refractivity contribution is -0.870. The lowest BCUT2D eigenvalue weighted by Gasteiger charge is -2.27. The van der Waals surface area contributed by atoms with E-state index >= 15 is 0 Å². The van der Waals surface area contributed by atoms with Crippen molar-refractivity contribution in [3.63, 3.8) is 0 Å². The average Bonchev–Trinajstić information content (AvgIpc) is 3.44. The Labute approximate surface area is 506 Å². The standard InChI is InChI=1S/C72H127N2O7P/c1-7-10-13-16-19-22-25-28-30-32-33-34-35-36-37-38-39-40-41-43-45-47-50-53-56-59-62-65-72(76)81-70(63-60-57-54-51-48-27-24-21-18-15-12-9-3)69(68-80-82(77,78)79-67-66-74(4,5)6)73-71(75)64-61-58-55-52-49-46-44-42-31-29-26-23-20-17-14-11-8-2/h11,14,17,19-20,22-23,26,28-31,42,44,46,49,60,63,69-70H,7-10,12-13,15-16,18,21,24-25,27,32-41,43,45,47-48,50-59,61-62,64-68H2,1-6H3,(H-,73,75,77,78)/p+1/b14-11-,20-17+,22-19-,26-23+,30-28-,31-29-,44-42+,49-46+,63-60-. The molecule has 0 saturated heterocycles. The van der Waals surface area contributed by atoms with Crippen LogP contribution in [0, 0.1) is 0 Å². The third-order valence-electron chi connectivity index (χ3n) is 14.6. The third-order valence-corrected chi connectivity index (χ3v) is 15.6. The SMILES string of the molecule is CC\C=C/C=C/C=C/C=C\C=C\C=C\CCCCCC(=O)NC(COP(=O)(O)OCC[N+](C)(C)C)C(/C=C\CCCCCCCCCCCC)OC(=O)CCCCCCCCCCCCCCCCCCC/C=C\C/C=C\CCCCC. The lowest BCUT2D eigenvalue weighted by atomic mass is 10.0. The van der Waals surface area contributed by atoms with E-state index in [4.69, 9.17) is 13.8 Å². The molecule has 0 rings (SSSR count). The monoisotopic (exact) mass is 1160 g/mol. The van der Waals surface area contributed by atoms with E-state index in [0.29, 0.717) is 17.4 Å². The fourth-order valence-corrected chi connectivity index (χ4v) is 10.2. The van der Waals surface area contributed by atoms with Crippen molar-refractivity contribution in [1.29, 1.82) is 0 Å². The Balaban J connectivity index is 5.11. The maximum absolute atomic E-state index is 13.5. The molecule has 0 saturated carbocycles. The molecule has 9 nitrogen and oxygen atoms in total. The Morgan fingerprint density at radius 3 is 1.30 bits per heavy atom. The number of quaternary nitrogens is 1. The number of phosphoric ester groups is 1. The predicted molar refractivity (Wildman–Crippen MR) is 355 cm³/mol. The summed E-state index contributed by atoms with van der Waals surface area (Å²) in [5.74, 6) is -0.555. The van der Waals surface area contributed by atoms with Crippen LogP contribution < -0.4 is 5.32 Å². The van der Waals surface area contributed by atoms with Crippen molar-refractivity contribution >= 4 is 19.7 Å². The van der Waals surface area contributed by atoms with Gasteiger partial charge in [-0.05, 0) is 83.1 Å². The van der Waals surface area contributed by atoms with Crippen LogP contribution in [0.1, 0.15) is 284 Å². The van der Waals surface area contributed by atoms with E-state index in [1.54, 1.807) is 0 Å². The van der Waals surface area contributed by atoms with Crippen LogP contribution >= 0.6 is 7.82 Å². The average molecular weight is 1160 g/mol. The molecule has 0 aromatic rings. The van der Waals surface area contributed by atoms with Crippen molar-refractivity contribution < 1.29 is 37.3 Å². The molecule has 0 heterocycles. The number of hydrogen-bond donors (Lipinski definition) is 2. The lowest BCUT2D eigenvalue weighted by Crippen LogP contribution is -2.47. The topological polar surface area (TPSA) is 111 Å². The van der Waals surface area contributed by atoms with Crippen LogP contribution in [0.25, 0.3) is 0 Å². The number of rotatable bonds is 60. The Hall–Kier alpha value is -3.33. The highest BCUT2D eigenvalue weighted by Crippen LogP contribution is 2.43. The van der Waals surface area contributed by atoms with Crippen molar-refractivity contribution in [2.24, 2.45) is 0 Å². The number of hydrogen-bond acceptors (Lipinski definition) is 6. The van der Waals surface area contributed by atoms with E-state index in [2.05, 4.69) is 62.5 Å². The summed E-state index contributed by atoms with van der Waals surface area (Å²) in [5.41, 5.74) is 0. The summed E-state index contributed by atoms with van der Waals surface area (Å²) >= 11 is 0. The number of unbranched alkanes of at least 4 members (excludes halogenated alkanes) is 33. The molecule has 472 valence electrons. The Morgan fingerprint density at radius 2 is 0.829 bits per heavy atom. The van der Waals surface area contributed by atoms with Gasteiger partial charge in [0.15, 0.2) is 0 Å². The van der Waals surface area contributed by atoms with Crippen molar-refractivity contribution in [3.05, 3.63) is 109 Å². The van der Waals surface area contributed by atoms with Gasteiger partial charge in [0.05, 0.1) is 33.8 Å². The van der Waals surface area contributed by atoms with Crippen molar-refractivity contribution in [3.8, 4) is 0 Å². The molecule has 0 fully saturated rings. The Morgan fingerprint density at radius 1 is 0.451 bits per heavy atom. The molecule has 1 amide bonds. The quantitative estimate of drug-likeness (QED) is 0.0156. The summed E-state index contributed by atoms with van der Waals surface area (Å²) in [6, 6.07) is -0.878. The van der Waals surface area contributed by atoms with Gasteiger partial charge in [-0.2, -0.15) is 0 Å². The van der Waals surface area contributed by atoms with Gasteiger partial charge >= 0.3 is 13.8 Å². The molecule has 3 unspecified atom stereocenters. The normalized spacial score (nSPS) is 14.3. The second kappa shape index (κ2) is 60.8. The summed E-state index contributed by atoms with van der Waals surface area (Å²) in [5, 5.41) is 3.03. The van der Waals surface area contributed by atoms with Gasteiger partial charge < -0.3 is 19.4 Å². The molecule has 0 aliphatic rings. The molecule has 0 bridgehead atoms. The summed E-state index contributed by atoms with van der Waals surface area (Å²) in [6.07, 6.45) is 83.9. The number of carbonyl (C=O) groups is 2. The van der Waals surface area contributed by atoms with Crippen LogP contribution in [0.2, 0.25) is 0 Å². The largest absolute Gasteiger partial charge is 0.472 e. The first-order valence-corrected chi connectivity index (χ1v) is 35.3. The Bertz CT molecular complexity index is 1770. The van der Waals surface area contributed by atoms with Gasteiger partial charge in [-0.25, -0.2) is 4.57 Å². The number of esters is 1. The number of allylic oxidation sites excluding steroid dienone is 17. The van der Waals surface area contributed by atoms with E-state index in [0.717, 1.165) is 70.6 Å². The number of ether oxygens (including phenoxy) is 1. The third kappa shape index (κ3) is 61.2. The van der Waals surface area contributed by atoms with Gasteiger partial charge in [0.25, 0.3) is 0 Å². The molecule has 3 atom stereocenters. The van der Waals surface area contributed by atoms with Crippen LogP contribution in [0.5, 0.6) is 0 Å². The first-order valence-electron chi connectivity index (χ1n) is 33.8. The van der Waals surface area contributed by atoms with E-state index in [1.807, 2.05) is 94.1 Å². The smallest absolute Gasteiger partial charge is 0.456 e.